The van der Waals surface area contributed by atoms with Crippen LogP contribution in [0.3, 0.4) is 0 Å². The summed E-state index contributed by atoms with van der Waals surface area (Å²) in [5.41, 5.74) is 0.701. The van der Waals surface area contributed by atoms with E-state index in [1.165, 1.54) is 24.4 Å². The Morgan fingerprint density at radius 2 is 2.03 bits per heavy atom. The number of aryl methyl sites for hydroxylation is 1. The second-order valence-corrected chi connectivity index (χ2v) is 7.13. The third-order valence-corrected chi connectivity index (χ3v) is 5.04. The molecule has 0 aliphatic carbocycles. The SMILES string of the molecule is Cc1cc(C(F)F)n2ncc(C(=O)NC3CCC(=O)NC3c3ccc(F)cc3)c2n1. The quantitative estimate of drug-likeness (QED) is 0.683. The molecule has 3 aromatic rings. The maximum Gasteiger partial charge on any atom is 0.280 e. The number of hydrogen-bond acceptors (Lipinski definition) is 4. The lowest BCUT2D eigenvalue weighted by Gasteiger charge is -2.33. The van der Waals surface area contributed by atoms with E-state index in [2.05, 4.69) is 20.7 Å². The minimum absolute atomic E-state index is 0.0287. The molecule has 156 valence electrons. The van der Waals surface area contributed by atoms with Crippen LogP contribution in [0.1, 0.15) is 52.6 Å². The molecule has 0 spiro atoms. The highest BCUT2D eigenvalue weighted by Gasteiger charge is 2.32. The average molecular weight is 417 g/mol. The molecule has 1 aromatic carbocycles. The van der Waals surface area contributed by atoms with Crippen LogP contribution in [0.5, 0.6) is 0 Å². The third kappa shape index (κ3) is 3.72. The van der Waals surface area contributed by atoms with Gasteiger partial charge in [-0.15, -0.1) is 0 Å². The van der Waals surface area contributed by atoms with E-state index in [0.29, 0.717) is 17.7 Å². The number of rotatable bonds is 4. The second-order valence-electron chi connectivity index (χ2n) is 7.13. The number of nitrogens with one attached hydrogen (secondary N) is 2. The van der Waals surface area contributed by atoms with E-state index in [9.17, 15) is 22.8 Å². The van der Waals surface area contributed by atoms with E-state index < -0.39 is 30.2 Å². The molecule has 4 rings (SSSR count). The summed E-state index contributed by atoms with van der Waals surface area (Å²) in [5, 5.41) is 9.54. The van der Waals surface area contributed by atoms with Crippen molar-refractivity contribution in [2.24, 2.45) is 0 Å². The van der Waals surface area contributed by atoms with Crippen molar-refractivity contribution in [1.29, 1.82) is 0 Å². The van der Waals surface area contributed by atoms with E-state index in [-0.39, 0.29) is 29.2 Å². The van der Waals surface area contributed by atoms with E-state index in [1.807, 2.05) is 0 Å². The van der Waals surface area contributed by atoms with Crippen LogP contribution in [-0.4, -0.2) is 32.5 Å². The molecule has 2 unspecified atom stereocenters. The topological polar surface area (TPSA) is 88.4 Å². The van der Waals surface area contributed by atoms with Crippen molar-refractivity contribution in [1.82, 2.24) is 25.2 Å². The first-order chi connectivity index (χ1) is 14.3. The van der Waals surface area contributed by atoms with Crippen LogP contribution in [0.2, 0.25) is 0 Å². The Balaban J connectivity index is 1.64. The van der Waals surface area contributed by atoms with Gasteiger partial charge in [-0.2, -0.15) is 5.10 Å². The van der Waals surface area contributed by atoms with Gasteiger partial charge in [0, 0.05) is 12.1 Å². The predicted molar refractivity (Wildman–Crippen MR) is 100 cm³/mol. The molecule has 2 aromatic heterocycles. The van der Waals surface area contributed by atoms with Gasteiger partial charge in [-0.25, -0.2) is 22.7 Å². The Morgan fingerprint density at radius 1 is 1.30 bits per heavy atom. The van der Waals surface area contributed by atoms with Crippen LogP contribution in [0.15, 0.2) is 36.5 Å². The molecular formula is C20H18F3N5O2. The van der Waals surface area contributed by atoms with Crippen molar-refractivity contribution in [3.63, 3.8) is 0 Å². The molecule has 1 aliphatic rings. The zero-order valence-corrected chi connectivity index (χ0v) is 15.9. The fourth-order valence-corrected chi connectivity index (χ4v) is 3.62. The van der Waals surface area contributed by atoms with Crippen LogP contribution >= 0.6 is 0 Å². The third-order valence-electron chi connectivity index (χ3n) is 5.04. The predicted octanol–water partition coefficient (Wildman–Crippen LogP) is 2.86. The first-order valence-electron chi connectivity index (χ1n) is 9.32. The van der Waals surface area contributed by atoms with E-state index in [1.54, 1.807) is 19.1 Å². The second kappa shape index (κ2) is 7.77. The molecule has 1 saturated heterocycles. The summed E-state index contributed by atoms with van der Waals surface area (Å²) >= 11 is 0. The standard InChI is InChI=1S/C20H18F3N5O2/c1-10-8-15(18(22)23)28-19(25-10)13(9-24-28)20(30)26-14-6-7-16(29)27-17(14)11-2-4-12(21)5-3-11/h2-5,8-9,14,17-18H,6-7H2,1H3,(H,26,30)(H,27,29). The lowest BCUT2D eigenvalue weighted by molar-refractivity contribution is -0.123. The molecule has 1 fully saturated rings. The molecule has 30 heavy (non-hydrogen) atoms. The molecule has 3 heterocycles. The van der Waals surface area contributed by atoms with Gasteiger partial charge in [0.2, 0.25) is 5.91 Å². The Morgan fingerprint density at radius 3 is 2.73 bits per heavy atom. The highest BCUT2D eigenvalue weighted by Crippen LogP contribution is 2.26. The molecular weight excluding hydrogens is 399 g/mol. The van der Waals surface area contributed by atoms with Crippen LogP contribution in [0.25, 0.3) is 5.65 Å². The minimum Gasteiger partial charge on any atom is -0.347 e. The van der Waals surface area contributed by atoms with E-state index in [0.717, 1.165) is 4.52 Å². The molecule has 7 nitrogen and oxygen atoms in total. The Kier molecular flexibility index (Phi) is 5.15. The van der Waals surface area contributed by atoms with Crippen molar-refractivity contribution in [2.75, 3.05) is 0 Å². The van der Waals surface area contributed by atoms with Crippen molar-refractivity contribution in [3.05, 3.63) is 64.9 Å². The lowest BCUT2D eigenvalue weighted by atomic mass is 9.91. The van der Waals surface area contributed by atoms with Crippen LogP contribution in [0.4, 0.5) is 13.2 Å². The molecule has 10 heteroatoms. The van der Waals surface area contributed by atoms with Gasteiger partial charge in [-0.05, 0) is 37.1 Å². The van der Waals surface area contributed by atoms with Gasteiger partial charge in [0.05, 0.1) is 18.3 Å². The number of aromatic nitrogens is 3. The smallest absolute Gasteiger partial charge is 0.280 e. The zero-order valence-electron chi connectivity index (χ0n) is 15.9. The Labute approximate surface area is 169 Å². The van der Waals surface area contributed by atoms with Gasteiger partial charge < -0.3 is 10.6 Å². The van der Waals surface area contributed by atoms with Crippen molar-refractivity contribution < 1.29 is 22.8 Å². The number of nitrogens with zero attached hydrogens (tertiary/aromatic N) is 3. The van der Waals surface area contributed by atoms with Crippen LogP contribution in [-0.2, 0) is 4.79 Å². The maximum atomic E-state index is 13.3. The number of alkyl halides is 2. The Bertz CT molecular complexity index is 1110. The molecule has 1 aliphatic heterocycles. The van der Waals surface area contributed by atoms with Crippen LogP contribution in [0, 0.1) is 12.7 Å². The van der Waals surface area contributed by atoms with Crippen molar-refractivity contribution in [3.8, 4) is 0 Å². The van der Waals surface area contributed by atoms with Gasteiger partial charge in [0.25, 0.3) is 12.3 Å². The number of carbonyl (C=O) groups is 2. The number of halogens is 3. The Hall–Kier alpha value is -3.43. The summed E-state index contributed by atoms with van der Waals surface area (Å²) in [7, 11) is 0. The van der Waals surface area contributed by atoms with Gasteiger partial charge in [-0.1, -0.05) is 12.1 Å². The first kappa shape index (κ1) is 19.9. The minimum atomic E-state index is -2.78. The molecule has 2 N–H and O–H groups in total. The first-order valence-corrected chi connectivity index (χ1v) is 9.32. The fourth-order valence-electron chi connectivity index (χ4n) is 3.62. The molecule has 0 radical (unpaired) electrons. The van der Waals surface area contributed by atoms with E-state index >= 15 is 0 Å². The summed E-state index contributed by atoms with van der Waals surface area (Å²) in [4.78, 5) is 29.0. The number of fused-ring (bicyclic) bond motifs is 1. The maximum absolute atomic E-state index is 13.3. The summed E-state index contributed by atoms with van der Waals surface area (Å²) in [5.74, 6) is -1.13. The van der Waals surface area contributed by atoms with Gasteiger partial charge in [0.15, 0.2) is 5.65 Å². The van der Waals surface area contributed by atoms with E-state index in [4.69, 9.17) is 0 Å². The number of carbonyl (C=O) groups excluding carboxylic acids is 2. The monoisotopic (exact) mass is 417 g/mol. The highest BCUT2D eigenvalue weighted by molar-refractivity contribution is 6.00. The molecule has 0 bridgehead atoms. The number of benzene rings is 1. The van der Waals surface area contributed by atoms with Crippen LogP contribution < -0.4 is 10.6 Å². The highest BCUT2D eigenvalue weighted by atomic mass is 19.3. The largest absolute Gasteiger partial charge is 0.347 e. The lowest BCUT2D eigenvalue weighted by Crippen LogP contribution is -2.50. The number of piperidine rings is 1. The average Bonchev–Trinajstić information content (AvgIpc) is 3.13. The summed E-state index contributed by atoms with van der Waals surface area (Å²) in [6.45, 7) is 1.56. The number of amides is 2. The van der Waals surface area contributed by atoms with Crippen molar-refractivity contribution >= 4 is 17.5 Å². The fraction of sp³-hybridized carbons (Fsp3) is 0.300. The van der Waals surface area contributed by atoms with Gasteiger partial charge >= 0.3 is 0 Å². The molecule has 0 saturated carbocycles. The molecule has 2 amide bonds. The van der Waals surface area contributed by atoms with Gasteiger partial charge in [-0.3, -0.25) is 9.59 Å². The number of hydrogen-bond donors (Lipinski definition) is 2. The van der Waals surface area contributed by atoms with Crippen molar-refractivity contribution in [2.45, 2.75) is 38.3 Å². The zero-order chi connectivity index (χ0) is 21.4. The normalized spacial score (nSPS) is 19.2. The summed E-state index contributed by atoms with van der Waals surface area (Å²) < 4.78 is 40.8. The summed E-state index contributed by atoms with van der Waals surface area (Å²) in [6, 6.07) is 5.82. The molecule has 2 atom stereocenters. The summed E-state index contributed by atoms with van der Waals surface area (Å²) in [6.07, 6.45) is -1.00. The van der Waals surface area contributed by atoms with Gasteiger partial charge in [0.1, 0.15) is 17.1 Å².